The van der Waals surface area contributed by atoms with E-state index < -0.39 is 34.2 Å². The van der Waals surface area contributed by atoms with Crippen molar-refractivity contribution in [2.24, 2.45) is 5.92 Å². The normalized spacial score (nSPS) is 20.4. The van der Waals surface area contributed by atoms with Crippen LogP contribution in [-0.2, 0) is 29.1 Å². The summed E-state index contributed by atoms with van der Waals surface area (Å²) in [5.74, 6) is -0.825. The molecule has 0 saturated carbocycles. The van der Waals surface area contributed by atoms with Gasteiger partial charge in [-0.1, -0.05) is 13.3 Å². The summed E-state index contributed by atoms with van der Waals surface area (Å²) in [6.45, 7) is 3.11. The Balaban J connectivity index is 1.53. The largest absolute Gasteiger partial charge is 0.494 e. The fraction of sp³-hybridized carbons (Fsp3) is 0.500. The molecule has 0 aromatic heterocycles. The molecule has 2 aliphatic rings. The van der Waals surface area contributed by atoms with Crippen LogP contribution in [0.5, 0.6) is 5.75 Å². The first-order chi connectivity index (χ1) is 13.9. The number of nitrogens with zero attached hydrogens (tertiary/aromatic N) is 1. The van der Waals surface area contributed by atoms with Gasteiger partial charge in [0.15, 0.2) is 0 Å². The van der Waals surface area contributed by atoms with E-state index in [9.17, 15) is 18.0 Å². The van der Waals surface area contributed by atoms with Gasteiger partial charge in [-0.15, -0.1) is 0 Å². The first-order valence-corrected chi connectivity index (χ1v) is 11.2. The molecular weight excluding hydrogens is 398 g/mol. The topological polar surface area (TPSA) is 99.2 Å². The molecule has 1 fully saturated rings. The molecule has 1 unspecified atom stereocenters. The van der Waals surface area contributed by atoms with Crippen LogP contribution in [0.4, 0.5) is 0 Å². The number of sulfonamides is 1. The van der Waals surface area contributed by atoms with E-state index in [1.54, 1.807) is 12.1 Å². The molecule has 9 heteroatoms. The number of cyclic esters (lactones) is 1. The van der Waals surface area contributed by atoms with Gasteiger partial charge in [-0.2, -0.15) is 4.31 Å². The molecule has 3 rings (SSSR count). The first-order valence-electron chi connectivity index (χ1n) is 9.72. The molecule has 2 heterocycles. The van der Waals surface area contributed by atoms with Crippen LogP contribution < -0.4 is 4.74 Å². The third kappa shape index (κ3) is 5.36. The average molecular weight is 423 g/mol. The zero-order valence-corrected chi connectivity index (χ0v) is 17.1. The van der Waals surface area contributed by atoms with E-state index in [-0.39, 0.29) is 18.0 Å². The summed E-state index contributed by atoms with van der Waals surface area (Å²) in [7, 11) is -3.64. The number of rotatable bonds is 8. The second-order valence-corrected chi connectivity index (χ2v) is 8.89. The number of carbonyl (C=O) groups excluding carboxylic acids is 2. The molecule has 0 amide bonds. The van der Waals surface area contributed by atoms with E-state index in [1.165, 1.54) is 28.6 Å². The van der Waals surface area contributed by atoms with Crippen LogP contribution in [0.1, 0.15) is 32.6 Å². The van der Waals surface area contributed by atoms with Crippen molar-refractivity contribution < 1.29 is 32.2 Å². The lowest BCUT2D eigenvalue weighted by molar-refractivity contribution is -0.177. The zero-order chi connectivity index (χ0) is 20.9. The molecule has 2 aliphatic heterocycles. The van der Waals surface area contributed by atoms with Crippen molar-refractivity contribution in [2.45, 2.75) is 43.8 Å². The van der Waals surface area contributed by atoms with Crippen LogP contribution >= 0.6 is 0 Å². The summed E-state index contributed by atoms with van der Waals surface area (Å²) in [5, 5.41) is 0. The summed E-state index contributed by atoms with van der Waals surface area (Å²) < 4.78 is 42.6. The van der Waals surface area contributed by atoms with E-state index in [0.29, 0.717) is 25.2 Å². The van der Waals surface area contributed by atoms with Crippen LogP contribution in [0.15, 0.2) is 41.3 Å². The van der Waals surface area contributed by atoms with Crippen LogP contribution in [0.3, 0.4) is 0 Å². The van der Waals surface area contributed by atoms with Crippen molar-refractivity contribution in [1.29, 1.82) is 0 Å². The molecular formula is C20H25NO7S. The van der Waals surface area contributed by atoms with E-state index in [1.807, 2.05) is 0 Å². The maximum absolute atomic E-state index is 12.9. The summed E-state index contributed by atoms with van der Waals surface area (Å²) in [5.41, 5.74) is 0. The number of carbonyl (C=O) groups is 2. The number of esters is 2. The molecule has 1 aromatic carbocycles. The van der Waals surface area contributed by atoms with E-state index in [2.05, 4.69) is 6.92 Å². The van der Waals surface area contributed by atoms with Gasteiger partial charge in [0.2, 0.25) is 10.0 Å². The molecule has 1 atom stereocenters. The van der Waals surface area contributed by atoms with Crippen LogP contribution in [0.2, 0.25) is 0 Å². The van der Waals surface area contributed by atoms with E-state index in [0.717, 1.165) is 12.8 Å². The second kappa shape index (κ2) is 9.41. The molecule has 8 nitrogen and oxygen atoms in total. The summed E-state index contributed by atoms with van der Waals surface area (Å²) in [4.78, 5) is 23.4. The minimum absolute atomic E-state index is 0.198. The van der Waals surface area contributed by atoms with Gasteiger partial charge in [0, 0.05) is 25.2 Å². The van der Waals surface area contributed by atoms with Gasteiger partial charge >= 0.3 is 11.9 Å². The highest BCUT2D eigenvalue weighted by atomic mass is 32.2. The van der Waals surface area contributed by atoms with Crippen molar-refractivity contribution in [1.82, 2.24) is 4.31 Å². The third-order valence-corrected chi connectivity index (χ3v) is 6.78. The molecule has 0 N–H and O–H groups in total. The monoisotopic (exact) mass is 423 g/mol. The molecule has 29 heavy (non-hydrogen) atoms. The van der Waals surface area contributed by atoms with E-state index in [4.69, 9.17) is 14.2 Å². The number of hydrogen-bond donors (Lipinski definition) is 0. The van der Waals surface area contributed by atoms with Crippen molar-refractivity contribution >= 4 is 22.0 Å². The standard InChI is InChI=1S/C20H25NO7S/c1-2-3-14-26-16-4-6-17(7-5-16)29(24,25)21-12-10-15(11-13-21)20(23)28-19-9-8-18(22)27-19/h4-9,15,19H,2-3,10-14H2,1H3. The van der Waals surface area contributed by atoms with Gasteiger partial charge in [0.05, 0.1) is 17.4 Å². The van der Waals surface area contributed by atoms with Gasteiger partial charge in [0.1, 0.15) is 5.75 Å². The van der Waals surface area contributed by atoms with Gasteiger partial charge in [-0.3, -0.25) is 4.79 Å². The predicted octanol–water partition coefficient (Wildman–Crippen LogP) is 2.25. The molecule has 1 saturated heterocycles. The second-order valence-electron chi connectivity index (χ2n) is 6.95. The van der Waals surface area contributed by atoms with Crippen molar-refractivity contribution in [3.05, 3.63) is 36.4 Å². The fourth-order valence-electron chi connectivity index (χ4n) is 3.15. The summed E-state index contributed by atoms with van der Waals surface area (Å²) >= 11 is 0. The fourth-order valence-corrected chi connectivity index (χ4v) is 4.62. The summed E-state index contributed by atoms with van der Waals surface area (Å²) in [6.07, 6.45) is 4.24. The highest BCUT2D eigenvalue weighted by molar-refractivity contribution is 7.89. The Kier molecular flexibility index (Phi) is 6.92. The maximum atomic E-state index is 12.9. The SMILES string of the molecule is CCCCOc1ccc(S(=O)(=O)N2CCC(C(=O)OC3C=CC(=O)O3)CC2)cc1. The minimum atomic E-state index is -3.64. The zero-order valence-electron chi connectivity index (χ0n) is 16.3. The van der Waals surface area contributed by atoms with Gasteiger partial charge in [0.25, 0.3) is 6.29 Å². The summed E-state index contributed by atoms with van der Waals surface area (Å²) in [6, 6.07) is 6.39. The number of unbranched alkanes of at least 4 members (excludes halogenated alkanes) is 1. The number of benzene rings is 1. The number of piperidine rings is 1. The lowest BCUT2D eigenvalue weighted by Crippen LogP contribution is -2.41. The Morgan fingerprint density at radius 2 is 1.90 bits per heavy atom. The highest BCUT2D eigenvalue weighted by Crippen LogP contribution is 2.26. The molecule has 0 spiro atoms. The van der Waals surface area contributed by atoms with Crippen molar-refractivity contribution in [3.8, 4) is 5.75 Å². The Morgan fingerprint density at radius 3 is 2.48 bits per heavy atom. The first kappa shape index (κ1) is 21.3. The van der Waals surface area contributed by atoms with Gasteiger partial charge in [-0.25, -0.2) is 13.2 Å². The Morgan fingerprint density at radius 1 is 1.21 bits per heavy atom. The van der Waals surface area contributed by atoms with Gasteiger partial charge in [-0.05, 0) is 43.5 Å². The maximum Gasteiger partial charge on any atom is 0.334 e. The minimum Gasteiger partial charge on any atom is -0.494 e. The lowest BCUT2D eigenvalue weighted by atomic mass is 9.98. The van der Waals surface area contributed by atoms with Crippen LogP contribution in [0, 0.1) is 5.92 Å². The van der Waals surface area contributed by atoms with E-state index >= 15 is 0 Å². The number of ether oxygens (including phenoxy) is 3. The molecule has 158 valence electrons. The smallest absolute Gasteiger partial charge is 0.334 e. The Bertz CT molecular complexity index is 855. The van der Waals surface area contributed by atoms with Gasteiger partial charge < -0.3 is 14.2 Å². The lowest BCUT2D eigenvalue weighted by Gasteiger charge is -2.30. The third-order valence-electron chi connectivity index (χ3n) is 4.87. The quantitative estimate of drug-likeness (QED) is 0.467. The Labute approximate surface area is 170 Å². The Hall–Kier alpha value is -2.39. The molecule has 0 aliphatic carbocycles. The highest BCUT2D eigenvalue weighted by Gasteiger charge is 2.34. The number of hydrogen-bond acceptors (Lipinski definition) is 7. The molecule has 0 radical (unpaired) electrons. The van der Waals surface area contributed by atoms with Crippen LogP contribution in [-0.4, -0.2) is 50.6 Å². The average Bonchev–Trinajstić information content (AvgIpc) is 3.13. The van der Waals surface area contributed by atoms with Crippen molar-refractivity contribution in [3.63, 3.8) is 0 Å². The van der Waals surface area contributed by atoms with Crippen LogP contribution in [0.25, 0.3) is 0 Å². The predicted molar refractivity (Wildman–Crippen MR) is 103 cm³/mol. The molecule has 1 aromatic rings. The molecule has 0 bridgehead atoms. The van der Waals surface area contributed by atoms with Crippen molar-refractivity contribution in [2.75, 3.05) is 19.7 Å².